The summed E-state index contributed by atoms with van der Waals surface area (Å²) in [6.07, 6.45) is 0.640. The molecule has 1 heterocycles. The van der Waals surface area contributed by atoms with Crippen LogP contribution in [0.3, 0.4) is 0 Å². The molecular weight excluding hydrogens is 326 g/mol. The highest BCUT2D eigenvalue weighted by atomic mass is 32.2. The molecule has 1 aliphatic rings. The van der Waals surface area contributed by atoms with Crippen molar-refractivity contribution in [3.05, 3.63) is 54.1 Å². The molecule has 0 unspecified atom stereocenters. The van der Waals surface area contributed by atoms with Crippen LogP contribution in [0.1, 0.15) is 12.5 Å². The van der Waals surface area contributed by atoms with Gasteiger partial charge in [-0.15, -0.1) is 0 Å². The quantitative estimate of drug-likeness (QED) is 0.894. The van der Waals surface area contributed by atoms with Gasteiger partial charge in [0.1, 0.15) is 0 Å². The highest BCUT2D eigenvalue weighted by Crippen LogP contribution is 2.30. The van der Waals surface area contributed by atoms with E-state index < -0.39 is 10.0 Å². The zero-order valence-corrected chi connectivity index (χ0v) is 14.1. The number of rotatable bonds is 4. The first-order valence-electron chi connectivity index (χ1n) is 7.77. The second kappa shape index (κ2) is 6.52. The number of carbonyl (C=O) groups excluding carboxylic acids is 1. The van der Waals surface area contributed by atoms with Crippen LogP contribution in [0, 0.1) is 0 Å². The van der Waals surface area contributed by atoms with E-state index in [2.05, 4.69) is 10.0 Å². The molecule has 6 nitrogen and oxygen atoms in total. The zero-order chi connectivity index (χ0) is 17.2. The zero-order valence-electron chi connectivity index (χ0n) is 13.3. The molecule has 0 bridgehead atoms. The van der Waals surface area contributed by atoms with E-state index in [1.807, 2.05) is 13.0 Å². The molecule has 0 aromatic heterocycles. The second-order valence-electron chi connectivity index (χ2n) is 5.50. The number of hydrogen-bond donors (Lipinski definition) is 2. The summed E-state index contributed by atoms with van der Waals surface area (Å²) in [7, 11) is -3.65. The smallest absolute Gasteiger partial charge is 0.321 e. The Morgan fingerprint density at radius 1 is 1.17 bits per heavy atom. The van der Waals surface area contributed by atoms with Gasteiger partial charge in [-0.2, -0.15) is 0 Å². The molecule has 7 heteroatoms. The Morgan fingerprint density at radius 2 is 1.92 bits per heavy atom. The minimum Gasteiger partial charge on any atom is -0.338 e. The molecule has 0 fully saturated rings. The summed E-state index contributed by atoms with van der Waals surface area (Å²) in [4.78, 5) is 13.9. The molecular formula is C17H19N3O3S. The first-order chi connectivity index (χ1) is 11.5. The normalized spacial score (nSPS) is 13.5. The van der Waals surface area contributed by atoms with Gasteiger partial charge in [0.05, 0.1) is 4.90 Å². The van der Waals surface area contributed by atoms with Gasteiger partial charge in [0.2, 0.25) is 0 Å². The molecule has 0 saturated heterocycles. The molecule has 2 aromatic carbocycles. The van der Waals surface area contributed by atoms with Crippen LogP contribution in [-0.4, -0.2) is 27.5 Å². The van der Waals surface area contributed by atoms with Gasteiger partial charge in [-0.1, -0.05) is 18.2 Å². The fourth-order valence-electron chi connectivity index (χ4n) is 2.72. The summed E-state index contributed by atoms with van der Waals surface area (Å²) >= 11 is 0. The number of benzene rings is 2. The summed E-state index contributed by atoms with van der Waals surface area (Å²) in [6, 6.07) is 13.5. The van der Waals surface area contributed by atoms with Crippen LogP contribution in [-0.2, 0) is 16.4 Å². The standard InChI is InChI=1S/C17H19N3O3S/c1-2-18-17(21)20-11-10-13-12-15(8-9-16(13)20)24(22,23)19-14-6-4-3-5-7-14/h3-9,12,19H,2,10-11H2,1H3,(H,18,21). The maximum atomic E-state index is 12.5. The monoisotopic (exact) mass is 345 g/mol. The van der Waals surface area contributed by atoms with E-state index in [0.717, 1.165) is 11.3 Å². The minimum atomic E-state index is -3.65. The van der Waals surface area contributed by atoms with Crippen LogP contribution in [0.4, 0.5) is 16.2 Å². The van der Waals surface area contributed by atoms with Gasteiger partial charge >= 0.3 is 6.03 Å². The highest BCUT2D eigenvalue weighted by Gasteiger charge is 2.26. The van der Waals surface area contributed by atoms with Crippen LogP contribution in [0.2, 0.25) is 0 Å². The highest BCUT2D eigenvalue weighted by molar-refractivity contribution is 7.92. The lowest BCUT2D eigenvalue weighted by atomic mass is 10.2. The van der Waals surface area contributed by atoms with Crippen LogP contribution in [0.25, 0.3) is 0 Å². The summed E-state index contributed by atoms with van der Waals surface area (Å²) < 4.78 is 27.6. The van der Waals surface area contributed by atoms with Crippen molar-refractivity contribution in [1.82, 2.24) is 5.32 Å². The fourth-order valence-corrected chi connectivity index (χ4v) is 3.83. The van der Waals surface area contributed by atoms with E-state index in [4.69, 9.17) is 0 Å². The Labute approximate surface area is 141 Å². The number of hydrogen-bond acceptors (Lipinski definition) is 3. The Hall–Kier alpha value is -2.54. The number of amides is 2. The predicted molar refractivity (Wildman–Crippen MR) is 93.8 cm³/mol. The summed E-state index contributed by atoms with van der Waals surface area (Å²) in [5.74, 6) is 0. The molecule has 0 saturated carbocycles. The lowest BCUT2D eigenvalue weighted by Gasteiger charge is -2.17. The van der Waals surface area contributed by atoms with Crippen LogP contribution < -0.4 is 14.9 Å². The van der Waals surface area contributed by atoms with E-state index in [9.17, 15) is 13.2 Å². The largest absolute Gasteiger partial charge is 0.338 e. The molecule has 2 N–H and O–H groups in total. The SMILES string of the molecule is CCNC(=O)N1CCc2cc(S(=O)(=O)Nc3ccccc3)ccc21. The van der Waals surface area contributed by atoms with Crippen molar-refractivity contribution in [2.24, 2.45) is 0 Å². The maximum absolute atomic E-state index is 12.5. The number of nitrogens with one attached hydrogen (secondary N) is 2. The van der Waals surface area contributed by atoms with Gasteiger partial charge in [0, 0.05) is 24.5 Å². The topological polar surface area (TPSA) is 78.5 Å². The maximum Gasteiger partial charge on any atom is 0.321 e. The minimum absolute atomic E-state index is 0.158. The van der Waals surface area contributed by atoms with Crippen LogP contribution in [0.15, 0.2) is 53.4 Å². The van der Waals surface area contributed by atoms with E-state index >= 15 is 0 Å². The van der Waals surface area contributed by atoms with Crippen molar-refractivity contribution < 1.29 is 13.2 Å². The Kier molecular flexibility index (Phi) is 4.44. The third kappa shape index (κ3) is 3.21. The lowest BCUT2D eigenvalue weighted by molar-refractivity contribution is 0.247. The lowest BCUT2D eigenvalue weighted by Crippen LogP contribution is -2.38. The molecule has 1 aliphatic heterocycles. The molecule has 0 radical (unpaired) electrons. The van der Waals surface area contributed by atoms with Crippen molar-refractivity contribution in [3.8, 4) is 0 Å². The Bertz CT molecular complexity index is 851. The molecule has 2 amide bonds. The van der Waals surface area contributed by atoms with Crippen molar-refractivity contribution in [3.63, 3.8) is 0 Å². The van der Waals surface area contributed by atoms with Gasteiger partial charge in [-0.3, -0.25) is 9.62 Å². The molecule has 3 rings (SSSR count). The number of nitrogens with zero attached hydrogens (tertiary/aromatic N) is 1. The van der Waals surface area contributed by atoms with E-state index in [1.54, 1.807) is 41.3 Å². The molecule has 126 valence electrons. The van der Waals surface area contributed by atoms with Gasteiger partial charge in [0.25, 0.3) is 10.0 Å². The van der Waals surface area contributed by atoms with Crippen LogP contribution >= 0.6 is 0 Å². The summed E-state index contributed by atoms with van der Waals surface area (Å²) in [6.45, 7) is 2.97. The average molecular weight is 345 g/mol. The first kappa shape index (κ1) is 16.3. The van der Waals surface area contributed by atoms with Crippen molar-refractivity contribution in [1.29, 1.82) is 0 Å². The number of fused-ring (bicyclic) bond motifs is 1. The Morgan fingerprint density at radius 3 is 2.62 bits per heavy atom. The molecule has 2 aromatic rings. The van der Waals surface area contributed by atoms with Gasteiger partial charge in [0.15, 0.2) is 0 Å². The van der Waals surface area contributed by atoms with E-state index in [0.29, 0.717) is 25.2 Å². The second-order valence-corrected chi connectivity index (χ2v) is 7.18. The third-order valence-corrected chi connectivity index (χ3v) is 5.23. The number of urea groups is 1. The number of para-hydroxylation sites is 1. The fraction of sp³-hybridized carbons (Fsp3) is 0.235. The van der Waals surface area contributed by atoms with Crippen molar-refractivity contribution in [2.45, 2.75) is 18.2 Å². The Balaban J connectivity index is 1.86. The molecule has 24 heavy (non-hydrogen) atoms. The first-order valence-corrected chi connectivity index (χ1v) is 9.26. The third-order valence-electron chi connectivity index (χ3n) is 3.86. The van der Waals surface area contributed by atoms with Gasteiger partial charge in [-0.25, -0.2) is 13.2 Å². The number of carbonyl (C=O) groups is 1. The van der Waals surface area contributed by atoms with E-state index in [-0.39, 0.29) is 10.9 Å². The molecule has 0 aliphatic carbocycles. The molecule has 0 atom stereocenters. The molecule has 0 spiro atoms. The van der Waals surface area contributed by atoms with Crippen molar-refractivity contribution in [2.75, 3.05) is 22.7 Å². The summed E-state index contributed by atoms with van der Waals surface area (Å²) in [5.41, 5.74) is 2.14. The summed E-state index contributed by atoms with van der Waals surface area (Å²) in [5, 5.41) is 2.76. The number of anilines is 2. The predicted octanol–water partition coefficient (Wildman–Crippen LogP) is 2.58. The van der Waals surface area contributed by atoms with E-state index in [1.165, 1.54) is 6.07 Å². The number of sulfonamides is 1. The van der Waals surface area contributed by atoms with Crippen molar-refractivity contribution >= 4 is 27.4 Å². The average Bonchev–Trinajstić information content (AvgIpc) is 2.99. The van der Waals surface area contributed by atoms with Gasteiger partial charge < -0.3 is 5.32 Å². The van der Waals surface area contributed by atoms with Gasteiger partial charge in [-0.05, 0) is 49.2 Å². The van der Waals surface area contributed by atoms with Crippen LogP contribution in [0.5, 0.6) is 0 Å².